The van der Waals surface area contributed by atoms with Crippen LogP contribution in [0, 0.1) is 5.82 Å². The number of carboxylic acids is 2. The van der Waals surface area contributed by atoms with Crippen LogP contribution < -0.4 is 5.69 Å². The van der Waals surface area contributed by atoms with E-state index in [4.69, 9.17) is 24.5 Å². The molecule has 2 fully saturated rings. The minimum atomic E-state index is -1.82. The largest absolute Gasteiger partial charge is 0.473 e. The second-order valence-electron chi connectivity index (χ2n) is 10.4. The number of halogens is 1. The van der Waals surface area contributed by atoms with Crippen LogP contribution in [-0.2, 0) is 41.1 Å². The predicted molar refractivity (Wildman–Crippen MR) is 146 cm³/mol. The third-order valence-corrected chi connectivity index (χ3v) is 7.67. The number of benzene rings is 1. The van der Waals surface area contributed by atoms with Gasteiger partial charge in [0.05, 0.1) is 31.1 Å². The van der Waals surface area contributed by atoms with Crippen LogP contribution >= 0.6 is 0 Å². The maximum Gasteiger partial charge on any atom is 0.414 e. The fourth-order valence-electron chi connectivity index (χ4n) is 5.71. The molecule has 0 spiro atoms. The number of aliphatic hydroxyl groups is 1. The number of carbonyl (C=O) groups is 2. The lowest BCUT2D eigenvalue weighted by atomic mass is 9.99. The number of fused-ring (bicyclic) bond motifs is 2. The number of carboxylic acid groups (broad SMARTS) is 2. The topological polar surface area (TPSA) is 152 Å². The SMILES string of the molecule is CCn1c(-c2cccn2C)nn(CC(O)CN2C3CCC2CC(OCc2ccccc2F)C3)c1=O.O=C(O)C(=O)O. The summed E-state index contributed by atoms with van der Waals surface area (Å²) >= 11 is 0. The van der Waals surface area contributed by atoms with Gasteiger partial charge in [-0.3, -0.25) is 9.47 Å². The maximum atomic E-state index is 13.9. The van der Waals surface area contributed by atoms with E-state index in [1.807, 2.05) is 42.9 Å². The highest BCUT2D eigenvalue weighted by molar-refractivity contribution is 6.27. The number of aryl methyl sites for hydroxylation is 1. The monoisotopic (exact) mass is 573 g/mol. The molecule has 2 saturated heterocycles. The van der Waals surface area contributed by atoms with Crippen molar-refractivity contribution in [1.29, 1.82) is 0 Å². The molecule has 3 unspecified atom stereocenters. The van der Waals surface area contributed by atoms with E-state index in [2.05, 4.69) is 10.00 Å². The average Bonchev–Trinajstić information content (AvgIpc) is 3.55. The Labute approximate surface area is 236 Å². The molecule has 3 N–H and O–H groups in total. The van der Waals surface area contributed by atoms with E-state index in [1.54, 1.807) is 16.7 Å². The second-order valence-corrected chi connectivity index (χ2v) is 10.4. The Bertz CT molecular complexity index is 1390. The molecule has 41 heavy (non-hydrogen) atoms. The number of hydrogen-bond acceptors (Lipinski definition) is 7. The lowest BCUT2D eigenvalue weighted by Gasteiger charge is -2.39. The molecule has 5 rings (SSSR count). The van der Waals surface area contributed by atoms with E-state index in [1.165, 1.54) is 10.7 Å². The summed E-state index contributed by atoms with van der Waals surface area (Å²) in [5.74, 6) is -3.26. The van der Waals surface area contributed by atoms with E-state index in [-0.39, 0.29) is 30.8 Å². The first kappa shape index (κ1) is 30.2. The molecule has 13 heteroatoms. The Balaban J connectivity index is 0.000000585. The smallest absolute Gasteiger partial charge is 0.414 e. The third-order valence-electron chi connectivity index (χ3n) is 7.67. The zero-order valence-electron chi connectivity index (χ0n) is 23.1. The van der Waals surface area contributed by atoms with Crippen LogP contribution in [0.25, 0.3) is 11.5 Å². The molecular weight excluding hydrogens is 537 g/mol. The van der Waals surface area contributed by atoms with Crippen LogP contribution in [0.2, 0.25) is 0 Å². The number of aliphatic hydroxyl groups excluding tert-OH is 1. The lowest BCUT2D eigenvalue weighted by Crippen LogP contribution is -2.49. The first-order chi connectivity index (χ1) is 19.6. The van der Waals surface area contributed by atoms with Crippen LogP contribution in [0.15, 0.2) is 47.4 Å². The van der Waals surface area contributed by atoms with E-state index in [9.17, 15) is 14.3 Å². The van der Waals surface area contributed by atoms with Crippen molar-refractivity contribution in [2.45, 2.75) is 76.6 Å². The normalized spacial score (nSPS) is 20.8. The van der Waals surface area contributed by atoms with Crippen molar-refractivity contribution in [1.82, 2.24) is 23.8 Å². The van der Waals surface area contributed by atoms with E-state index >= 15 is 0 Å². The molecule has 0 saturated carbocycles. The van der Waals surface area contributed by atoms with Gasteiger partial charge in [-0.05, 0) is 50.8 Å². The van der Waals surface area contributed by atoms with Gasteiger partial charge in [0.25, 0.3) is 0 Å². The molecule has 0 aliphatic carbocycles. The van der Waals surface area contributed by atoms with Crippen molar-refractivity contribution in [2.24, 2.45) is 7.05 Å². The highest BCUT2D eigenvalue weighted by Gasteiger charge is 2.41. The van der Waals surface area contributed by atoms with E-state index < -0.39 is 18.0 Å². The Morgan fingerprint density at radius 2 is 1.73 bits per heavy atom. The quantitative estimate of drug-likeness (QED) is 0.326. The maximum absolute atomic E-state index is 13.9. The molecule has 2 aliphatic heterocycles. The third kappa shape index (κ3) is 7.10. The lowest BCUT2D eigenvalue weighted by molar-refractivity contribution is -0.159. The van der Waals surface area contributed by atoms with Gasteiger partial charge in [-0.1, -0.05) is 18.2 Å². The Morgan fingerprint density at radius 3 is 2.29 bits per heavy atom. The van der Waals surface area contributed by atoms with Gasteiger partial charge < -0.3 is 24.6 Å². The van der Waals surface area contributed by atoms with Gasteiger partial charge in [-0.15, -0.1) is 5.10 Å². The first-order valence-corrected chi connectivity index (χ1v) is 13.6. The number of aromatic nitrogens is 4. The van der Waals surface area contributed by atoms with E-state index in [0.717, 1.165) is 31.4 Å². The van der Waals surface area contributed by atoms with Crippen LogP contribution in [0.3, 0.4) is 0 Å². The zero-order valence-corrected chi connectivity index (χ0v) is 23.1. The minimum Gasteiger partial charge on any atom is -0.473 e. The second kappa shape index (κ2) is 13.2. The van der Waals surface area contributed by atoms with Gasteiger partial charge in [0.1, 0.15) is 5.82 Å². The van der Waals surface area contributed by atoms with Crippen molar-refractivity contribution >= 4 is 11.9 Å². The summed E-state index contributed by atoms with van der Waals surface area (Å²) in [5, 5.41) is 30.3. The molecule has 2 bridgehead atoms. The summed E-state index contributed by atoms with van der Waals surface area (Å²) in [6.07, 6.45) is 5.20. The van der Waals surface area contributed by atoms with Crippen molar-refractivity contribution in [3.63, 3.8) is 0 Å². The molecule has 12 nitrogen and oxygen atoms in total. The Morgan fingerprint density at radius 1 is 1.07 bits per heavy atom. The van der Waals surface area contributed by atoms with Crippen LogP contribution in [0.1, 0.15) is 38.2 Å². The van der Waals surface area contributed by atoms with Gasteiger partial charge in [-0.2, -0.15) is 0 Å². The predicted octanol–water partition coefficient (Wildman–Crippen LogP) is 1.94. The number of piperidine rings is 1. The van der Waals surface area contributed by atoms with Gasteiger partial charge in [-0.25, -0.2) is 23.5 Å². The summed E-state index contributed by atoms with van der Waals surface area (Å²) < 4.78 is 25.0. The molecule has 2 aliphatic rings. The van der Waals surface area contributed by atoms with Crippen molar-refractivity contribution < 1.29 is 34.0 Å². The number of ether oxygens (including phenoxy) is 1. The van der Waals surface area contributed by atoms with Gasteiger partial charge in [0.15, 0.2) is 5.82 Å². The van der Waals surface area contributed by atoms with Crippen LogP contribution in [-0.4, -0.2) is 81.9 Å². The Kier molecular flexibility index (Phi) is 9.73. The minimum absolute atomic E-state index is 0.0937. The number of rotatable bonds is 9. The van der Waals surface area contributed by atoms with Crippen LogP contribution in [0.5, 0.6) is 0 Å². The summed E-state index contributed by atoms with van der Waals surface area (Å²) in [4.78, 5) is 33.5. The summed E-state index contributed by atoms with van der Waals surface area (Å²) in [7, 11) is 1.92. The van der Waals surface area contributed by atoms with Gasteiger partial charge >= 0.3 is 17.6 Å². The summed E-state index contributed by atoms with van der Waals surface area (Å²) in [5.41, 5.74) is 1.25. The van der Waals surface area contributed by atoms with Gasteiger partial charge in [0, 0.05) is 44.0 Å². The zero-order chi connectivity index (χ0) is 29.7. The fraction of sp³-hybridized carbons (Fsp3) is 0.500. The molecular formula is C28H36FN5O7. The van der Waals surface area contributed by atoms with Crippen LogP contribution in [0.4, 0.5) is 4.39 Å². The van der Waals surface area contributed by atoms with Crippen molar-refractivity contribution in [2.75, 3.05) is 6.54 Å². The molecule has 3 atom stereocenters. The molecule has 0 radical (unpaired) electrons. The van der Waals surface area contributed by atoms with Crippen molar-refractivity contribution in [3.8, 4) is 11.5 Å². The highest BCUT2D eigenvalue weighted by Crippen LogP contribution is 2.37. The van der Waals surface area contributed by atoms with Crippen molar-refractivity contribution in [3.05, 3.63) is 64.5 Å². The van der Waals surface area contributed by atoms with Gasteiger partial charge in [0.2, 0.25) is 0 Å². The molecule has 2 aromatic heterocycles. The standard InChI is InChI=1S/C26H34FN5O3.C2H2O4/c1-3-30-25(24-9-6-12-29(24)2)28-32(26(30)34)16-21(33)15-31-19-10-11-20(31)14-22(13-19)35-17-18-7-4-5-8-23(18)27;3-1(4)2(5)6/h4-9,12,19-22,33H,3,10-11,13-17H2,1-2H3;(H,3,4)(H,5,6). The molecule has 4 heterocycles. The first-order valence-electron chi connectivity index (χ1n) is 13.6. The average molecular weight is 574 g/mol. The molecule has 1 aromatic carbocycles. The molecule has 0 amide bonds. The number of aliphatic carboxylic acids is 2. The summed E-state index contributed by atoms with van der Waals surface area (Å²) in [6.45, 7) is 3.38. The molecule has 3 aromatic rings. The molecule has 222 valence electrons. The summed E-state index contributed by atoms with van der Waals surface area (Å²) in [6, 6.07) is 11.3. The van der Waals surface area contributed by atoms with E-state index in [0.29, 0.717) is 36.6 Å². The Hall–Kier alpha value is -3.81. The number of hydrogen-bond donors (Lipinski definition) is 3. The number of nitrogens with zero attached hydrogens (tertiary/aromatic N) is 5. The fourth-order valence-corrected chi connectivity index (χ4v) is 5.71. The highest BCUT2D eigenvalue weighted by atomic mass is 19.1.